The molecule has 176 valence electrons. The van der Waals surface area contributed by atoms with Crippen molar-refractivity contribution in [2.24, 2.45) is 28.9 Å². The van der Waals surface area contributed by atoms with E-state index in [9.17, 15) is 19.6 Å². The van der Waals surface area contributed by atoms with E-state index in [1.54, 1.807) is 11.1 Å². The molecule has 3 fully saturated rings. The zero-order valence-corrected chi connectivity index (χ0v) is 19.6. The molecule has 1 aromatic carbocycles. The standard InChI is InChI=1S/C25H27N5O3S/c26-13-17(10-16-6-8-28-22(16)32)18-11-25(18)7-9-30(19(12-25)21(27)31)24(33)23-29-14-20(34-23)15-4-2-1-3-5-15/h1-5,14,16-19H,6-12H2,(H2,27,31)(H,28,32)/t16-,17-,18?,19?,25?/m1/s1. The normalized spacial score (nSPS) is 28.9. The maximum atomic E-state index is 13.3. The van der Waals surface area contributed by atoms with E-state index in [0.29, 0.717) is 30.9 Å². The number of piperidine rings is 1. The minimum atomic E-state index is -0.718. The first-order valence-corrected chi connectivity index (χ1v) is 12.5. The van der Waals surface area contributed by atoms with Crippen LogP contribution in [0.15, 0.2) is 36.5 Å². The second kappa shape index (κ2) is 8.84. The van der Waals surface area contributed by atoms with Crippen molar-refractivity contribution in [3.63, 3.8) is 0 Å². The van der Waals surface area contributed by atoms with Crippen LogP contribution >= 0.6 is 11.3 Å². The van der Waals surface area contributed by atoms with Crippen LogP contribution in [-0.4, -0.2) is 46.7 Å². The molecule has 34 heavy (non-hydrogen) atoms. The van der Waals surface area contributed by atoms with E-state index in [4.69, 9.17) is 5.73 Å². The summed E-state index contributed by atoms with van der Waals surface area (Å²) in [6, 6.07) is 11.4. The summed E-state index contributed by atoms with van der Waals surface area (Å²) in [4.78, 5) is 44.5. The fourth-order valence-electron chi connectivity index (χ4n) is 5.78. The number of carbonyl (C=O) groups is 3. The van der Waals surface area contributed by atoms with Crippen LogP contribution in [0.3, 0.4) is 0 Å². The van der Waals surface area contributed by atoms with E-state index in [1.165, 1.54) is 11.3 Å². The van der Waals surface area contributed by atoms with Crippen LogP contribution in [0.2, 0.25) is 0 Å². The van der Waals surface area contributed by atoms with Gasteiger partial charge in [-0.05, 0) is 49.0 Å². The minimum absolute atomic E-state index is 0.0312. The largest absolute Gasteiger partial charge is 0.368 e. The molecular weight excluding hydrogens is 450 g/mol. The Morgan fingerprint density at radius 3 is 2.79 bits per heavy atom. The third-order valence-electron chi connectivity index (χ3n) is 7.77. The predicted molar refractivity (Wildman–Crippen MR) is 126 cm³/mol. The molecule has 1 saturated carbocycles. The Bertz CT molecular complexity index is 1160. The summed E-state index contributed by atoms with van der Waals surface area (Å²) in [7, 11) is 0. The van der Waals surface area contributed by atoms with Gasteiger partial charge in [-0.15, -0.1) is 11.3 Å². The number of nitrogens with two attached hydrogens (primary N) is 1. The molecule has 0 bridgehead atoms. The lowest BCUT2D eigenvalue weighted by molar-refractivity contribution is -0.124. The zero-order valence-electron chi connectivity index (χ0n) is 18.8. The molecule has 2 aromatic rings. The zero-order chi connectivity index (χ0) is 23.9. The molecule has 5 rings (SSSR count). The molecule has 2 saturated heterocycles. The fraction of sp³-hybridized carbons (Fsp3) is 0.480. The third kappa shape index (κ3) is 4.07. The monoisotopic (exact) mass is 477 g/mol. The highest BCUT2D eigenvalue weighted by Crippen LogP contribution is 2.64. The number of rotatable bonds is 6. The van der Waals surface area contributed by atoms with Crippen LogP contribution in [0.4, 0.5) is 0 Å². The average Bonchev–Trinajstić information content (AvgIpc) is 3.17. The van der Waals surface area contributed by atoms with Gasteiger partial charge in [0.15, 0.2) is 5.01 Å². The summed E-state index contributed by atoms with van der Waals surface area (Å²) in [6.07, 6.45) is 5.03. The first-order valence-electron chi connectivity index (χ1n) is 11.7. The van der Waals surface area contributed by atoms with E-state index in [2.05, 4.69) is 16.4 Å². The topological polar surface area (TPSA) is 129 Å². The molecule has 1 aliphatic carbocycles. The number of nitrogens with one attached hydrogen (secondary N) is 1. The van der Waals surface area contributed by atoms with E-state index in [-0.39, 0.29) is 35.0 Å². The van der Waals surface area contributed by atoms with Crippen molar-refractivity contribution in [3.05, 3.63) is 41.5 Å². The first-order chi connectivity index (χ1) is 16.4. The van der Waals surface area contributed by atoms with Crippen LogP contribution in [0, 0.1) is 34.5 Å². The molecule has 5 atom stereocenters. The van der Waals surface area contributed by atoms with Gasteiger partial charge in [-0.2, -0.15) is 5.26 Å². The summed E-state index contributed by atoms with van der Waals surface area (Å²) in [5.74, 6) is -0.973. The number of nitrogens with zero attached hydrogens (tertiary/aromatic N) is 3. The molecule has 1 aromatic heterocycles. The van der Waals surface area contributed by atoms with E-state index < -0.39 is 11.9 Å². The molecule has 3 amide bonds. The van der Waals surface area contributed by atoms with Gasteiger partial charge >= 0.3 is 0 Å². The van der Waals surface area contributed by atoms with E-state index in [1.807, 2.05) is 30.3 Å². The molecule has 3 aliphatic rings. The summed E-state index contributed by atoms with van der Waals surface area (Å²) < 4.78 is 0. The van der Waals surface area contributed by atoms with Crippen molar-refractivity contribution >= 4 is 29.1 Å². The number of hydrogen-bond donors (Lipinski definition) is 2. The molecule has 2 aliphatic heterocycles. The summed E-state index contributed by atoms with van der Waals surface area (Å²) in [5.41, 5.74) is 6.58. The smallest absolute Gasteiger partial charge is 0.283 e. The Morgan fingerprint density at radius 1 is 1.32 bits per heavy atom. The molecule has 8 nitrogen and oxygen atoms in total. The average molecular weight is 478 g/mol. The first kappa shape index (κ1) is 22.5. The van der Waals surface area contributed by atoms with Crippen LogP contribution < -0.4 is 11.1 Å². The molecule has 9 heteroatoms. The minimum Gasteiger partial charge on any atom is -0.368 e. The van der Waals surface area contributed by atoms with Crippen LogP contribution in [0.5, 0.6) is 0 Å². The lowest BCUT2D eigenvalue weighted by Gasteiger charge is -2.38. The van der Waals surface area contributed by atoms with Gasteiger partial charge in [-0.3, -0.25) is 14.4 Å². The van der Waals surface area contributed by atoms with Gasteiger partial charge in [0.2, 0.25) is 11.8 Å². The van der Waals surface area contributed by atoms with Crippen molar-refractivity contribution < 1.29 is 14.4 Å². The maximum Gasteiger partial charge on any atom is 0.283 e. The van der Waals surface area contributed by atoms with Gasteiger partial charge in [-0.25, -0.2) is 4.98 Å². The molecular formula is C25H27N5O3S. The van der Waals surface area contributed by atoms with Gasteiger partial charge in [0.1, 0.15) is 6.04 Å². The van der Waals surface area contributed by atoms with Crippen LogP contribution in [0.1, 0.15) is 41.9 Å². The highest BCUT2D eigenvalue weighted by atomic mass is 32.1. The summed E-state index contributed by atoms with van der Waals surface area (Å²) in [5, 5.41) is 13.0. The van der Waals surface area contributed by atoms with Gasteiger partial charge in [0, 0.05) is 25.2 Å². The number of benzene rings is 1. The number of carbonyl (C=O) groups excluding carboxylic acids is 3. The third-order valence-corrected chi connectivity index (χ3v) is 8.80. The number of nitriles is 1. The van der Waals surface area contributed by atoms with Gasteiger partial charge < -0.3 is 16.0 Å². The van der Waals surface area contributed by atoms with Crippen molar-refractivity contribution in [2.75, 3.05) is 13.1 Å². The number of thiazole rings is 1. The van der Waals surface area contributed by atoms with Crippen molar-refractivity contribution in [2.45, 2.75) is 38.1 Å². The van der Waals surface area contributed by atoms with Gasteiger partial charge in [0.25, 0.3) is 5.91 Å². The van der Waals surface area contributed by atoms with Crippen LogP contribution in [0.25, 0.3) is 10.4 Å². The highest BCUT2D eigenvalue weighted by molar-refractivity contribution is 7.16. The second-order valence-electron chi connectivity index (χ2n) is 9.69. The number of hydrogen-bond acceptors (Lipinski definition) is 6. The van der Waals surface area contributed by atoms with Gasteiger partial charge in [0.05, 0.1) is 16.9 Å². The molecule has 3 heterocycles. The Morgan fingerprint density at radius 2 is 2.12 bits per heavy atom. The summed E-state index contributed by atoms with van der Waals surface area (Å²) >= 11 is 1.31. The van der Waals surface area contributed by atoms with E-state index >= 15 is 0 Å². The molecule has 3 N–H and O–H groups in total. The second-order valence-corrected chi connectivity index (χ2v) is 10.7. The lowest BCUT2D eigenvalue weighted by atomic mass is 9.80. The SMILES string of the molecule is N#C[C@@H](C[C@H]1CCNC1=O)C1CC12CCN(C(=O)c1ncc(-c3ccccc3)s1)C(C(N)=O)C2. The Hall–Kier alpha value is -3.25. The van der Waals surface area contributed by atoms with Crippen molar-refractivity contribution in [1.29, 1.82) is 5.26 Å². The summed E-state index contributed by atoms with van der Waals surface area (Å²) in [6.45, 7) is 1.08. The predicted octanol–water partition coefficient (Wildman–Crippen LogP) is 2.57. The van der Waals surface area contributed by atoms with Gasteiger partial charge in [-0.1, -0.05) is 30.3 Å². The maximum absolute atomic E-state index is 13.3. The molecule has 0 radical (unpaired) electrons. The quantitative estimate of drug-likeness (QED) is 0.661. The Kier molecular flexibility index (Phi) is 5.86. The fourth-order valence-corrected chi connectivity index (χ4v) is 6.66. The van der Waals surface area contributed by atoms with Crippen molar-refractivity contribution in [1.82, 2.24) is 15.2 Å². The number of primary amides is 1. The number of likely N-dealkylation sites (tertiary alicyclic amines) is 1. The highest BCUT2D eigenvalue weighted by Gasteiger charge is 2.61. The Balaban J connectivity index is 1.29. The van der Waals surface area contributed by atoms with E-state index in [0.717, 1.165) is 29.7 Å². The van der Waals surface area contributed by atoms with Crippen molar-refractivity contribution in [3.8, 4) is 16.5 Å². The molecule has 1 spiro atoms. The Labute approximate surface area is 202 Å². The molecule has 3 unspecified atom stereocenters. The number of amides is 3. The van der Waals surface area contributed by atoms with Crippen LogP contribution in [-0.2, 0) is 9.59 Å². The lowest BCUT2D eigenvalue weighted by Crippen LogP contribution is -2.53. The number of aromatic nitrogens is 1.